The van der Waals surface area contributed by atoms with Gasteiger partial charge in [-0.2, -0.15) is 13.7 Å². The number of aromatic amines is 1. The number of nitrogens with one attached hydrogen (secondary N) is 2. The van der Waals surface area contributed by atoms with Gasteiger partial charge in [0.2, 0.25) is 0 Å². The summed E-state index contributed by atoms with van der Waals surface area (Å²) in [6.45, 7) is 0.604. The molecule has 1 aliphatic rings. The average Bonchev–Trinajstić information content (AvgIpc) is 2.96. The van der Waals surface area contributed by atoms with Crippen molar-refractivity contribution in [2.24, 2.45) is 5.11 Å². The van der Waals surface area contributed by atoms with E-state index in [1.807, 2.05) is 0 Å². The Balaban J connectivity index is 2.08. The molecule has 0 bridgehead atoms. The average molecular weight is 494 g/mol. The van der Waals surface area contributed by atoms with Crippen LogP contribution in [0.1, 0.15) is 18.2 Å². The molecule has 1 aliphatic heterocycles. The summed E-state index contributed by atoms with van der Waals surface area (Å²) >= 11 is 0. The molecule has 0 aliphatic carbocycles. The monoisotopic (exact) mass is 494 g/mol. The number of H-pyrrole nitrogens is 1. The predicted octanol–water partition coefficient (Wildman–Crippen LogP) is -0.125. The molecule has 0 saturated carbocycles. The SMILES string of the molecule is Cc1cn([C@H]2C[C@H](N=N)[C@@H](COP(=O)(O)OP(=O)(O)OP(=O)(O)O)O2)c(=O)[nH]c1=O. The number of hydrogen-bond donors (Lipinski definition) is 6. The van der Waals surface area contributed by atoms with Gasteiger partial charge >= 0.3 is 29.2 Å². The van der Waals surface area contributed by atoms with E-state index in [-0.39, 0.29) is 12.0 Å². The molecule has 0 spiro atoms. The van der Waals surface area contributed by atoms with Crippen molar-refractivity contribution in [3.8, 4) is 0 Å². The van der Waals surface area contributed by atoms with Crippen molar-refractivity contribution in [3.63, 3.8) is 0 Å². The van der Waals surface area contributed by atoms with Gasteiger partial charge in [-0.25, -0.2) is 24.0 Å². The highest BCUT2D eigenvalue weighted by Crippen LogP contribution is 2.66. The Hall–Kier alpha value is -1.35. The highest BCUT2D eigenvalue weighted by atomic mass is 31.3. The molecule has 1 saturated heterocycles. The Bertz CT molecular complexity index is 1060. The maximum Gasteiger partial charge on any atom is 0.490 e. The Morgan fingerprint density at radius 3 is 2.43 bits per heavy atom. The smallest absolute Gasteiger partial charge is 0.350 e. The van der Waals surface area contributed by atoms with Crippen LogP contribution in [0.3, 0.4) is 0 Å². The van der Waals surface area contributed by atoms with E-state index in [2.05, 4.69) is 23.2 Å². The molecule has 6 N–H and O–H groups in total. The molecule has 5 atom stereocenters. The van der Waals surface area contributed by atoms with Gasteiger partial charge in [0.25, 0.3) is 5.56 Å². The Kier molecular flexibility index (Phi) is 7.49. The Morgan fingerprint density at radius 2 is 1.87 bits per heavy atom. The first kappa shape index (κ1) is 24.9. The van der Waals surface area contributed by atoms with Crippen LogP contribution in [0.4, 0.5) is 0 Å². The van der Waals surface area contributed by atoms with Crippen LogP contribution >= 0.6 is 23.5 Å². The van der Waals surface area contributed by atoms with Gasteiger partial charge in [-0.1, -0.05) is 0 Å². The van der Waals surface area contributed by atoms with E-state index in [4.69, 9.17) is 24.9 Å². The molecule has 170 valence electrons. The molecule has 1 aromatic heterocycles. The fourth-order valence-corrected chi connectivity index (χ4v) is 5.47. The van der Waals surface area contributed by atoms with Gasteiger partial charge in [0.05, 0.1) is 6.61 Å². The van der Waals surface area contributed by atoms with Crippen molar-refractivity contribution in [3.05, 3.63) is 32.6 Å². The van der Waals surface area contributed by atoms with Gasteiger partial charge < -0.3 is 24.3 Å². The minimum atomic E-state index is -5.68. The van der Waals surface area contributed by atoms with E-state index in [9.17, 15) is 28.2 Å². The van der Waals surface area contributed by atoms with Gasteiger partial charge in [-0.15, -0.1) is 0 Å². The van der Waals surface area contributed by atoms with Crippen molar-refractivity contribution in [1.82, 2.24) is 9.55 Å². The van der Waals surface area contributed by atoms with Gasteiger partial charge in [0.15, 0.2) is 0 Å². The number of ether oxygens (including phenoxy) is 1. The van der Waals surface area contributed by atoms with Crippen LogP contribution in [0, 0.1) is 12.5 Å². The molecule has 2 heterocycles. The third-order valence-electron chi connectivity index (χ3n) is 3.64. The number of aryl methyl sites for hydroxylation is 1. The molecule has 1 fully saturated rings. The summed E-state index contributed by atoms with van der Waals surface area (Å²) in [6, 6.07) is -0.971. The minimum absolute atomic E-state index is 0.0562. The molecule has 30 heavy (non-hydrogen) atoms. The largest absolute Gasteiger partial charge is 0.490 e. The van der Waals surface area contributed by atoms with Gasteiger partial charge in [-0.3, -0.25) is 18.9 Å². The van der Waals surface area contributed by atoms with E-state index in [1.165, 1.54) is 13.1 Å². The van der Waals surface area contributed by atoms with Gasteiger partial charge in [-0.05, 0) is 6.92 Å². The van der Waals surface area contributed by atoms with Crippen LogP contribution in [0.15, 0.2) is 20.9 Å². The molecule has 0 amide bonds. The molecule has 1 aromatic rings. The summed E-state index contributed by atoms with van der Waals surface area (Å²) in [6.07, 6.45) is -1.07. The van der Waals surface area contributed by atoms with E-state index in [1.54, 1.807) is 0 Å². The predicted molar refractivity (Wildman–Crippen MR) is 93.3 cm³/mol. The second-order valence-electron chi connectivity index (χ2n) is 5.93. The summed E-state index contributed by atoms with van der Waals surface area (Å²) in [7, 11) is -16.6. The second kappa shape index (κ2) is 9.02. The fourth-order valence-electron chi connectivity index (χ4n) is 2.44. The van der Waals surface area contributed by atoms with Crippen molar-refractivity contribution in [1.29, 1.82) is 5.53 Å². The summed E-state index contributed by atoms with van der Waals surface area (Å²) in [4.78, 5) is 61.0. The van der Waals surface area contributed by atoms with E-state index < -0.39 is 59.7 Å². The topological polar surface area (TPSA) is 260 Å². The number of hydrogen-bond acceptors (Lipinski definition) is 11. The lowest BCUT2D eigenvalue weighted by atomic mass is 10.1. The van der Waals surface area contributed by atoms with Crippen molar-refractivity contribution < 1.29 is 51.2 Å². The maximum atomic E-state index is 11.9. The minimum Gasteiger partial charge on any atom is -0.350 e. The lowest BCUT2D eigenvalue weighted by Gasteiger charge is -2.19. The van der Waals surface area contributed by atoms with E-state index in [0.717, 1.165) is 4.57 Å². The van der Waals surface area contributed by atoms with Gasteiger partial charge in [0.1, 0.15) is 18.4 Å². The van der Waals surface area contributed by atoms with Crippen LogP contribution in [0.25, 0.3) is 0 Å². The lowest BCUT2D eigenvalue weighted by Crippen LogP contribution is -2.33. The molecule has 2 unspecified atom stereocenters. The third kappa shape index (κ3) is 6.83. The lowest BCUT2D eigenvalue weighted by molar-refractivity contribution is -0.0271. The standard InChI is InChI=1S/C10H17N4O13P3/c1-5-3-14(10(16)12-9(5)15)8-2-6(13-11)7(25-8)4-24-29(20,21)27-30(22,23)26-28(17,18)19/h3,6-8,11H,2,4H2,1H3,(H,20,21)(H,22,23)(H,12,15,16)(H2,17,18,19)/t6-,7+,8+/m0/s1. The molecular formula is C10H17N4O13P3. The fraction of sp³-hybridized carbons (Fsp3) is 0.600. The van der Waals surface area contributed by atoms with Gasteiger partial charge in [0, 0.05) is 18.2 Å². The zero-order valence-electron chi connectivity index (χ0n) is 14.9. The van der Waals surface area contributed by atoms with E-state index in [0.29, 0.717) is 0 Å². The highest BCUT2D eigenvalue weighted by molar-refractivity contribution is 7.66. The molecule has 17 nitrogen and oxygen atoms in total. The number of nitrogens with zero attached hydrogens (tertiary/aromatic N) is 2. The number of aromatic nitrogens is 2. The van der Waals surface area contributed by atoms with Crippen LogP contribution in [-0.4, -0.2) is 47.9 Å². The third-order valence-corrected chi connectivity index (χ3v) is 7.45. The van der Waals surface area contributed by atoms with Crippen LogP contribution < -0.4 is 11.2 Å². The number of phosphoric acid groups is 3. The Labute approximate surface area is 166 Å². The summed E-state index contributed by atoms with van der Waals surface area (Å²) in [5, 5.41) is 3.25. The maximum absolute atomic E-state index is 11.9. The van der Waals surface area contributed by atoms with E-state index >= 15 is 0 Å². The number of phosphoric ester groups is 1. The molecular weight excluding hydrogens is 477 g/mol. The van der Waals surface area contributed by atoms with Crippen molar-refractivity contribution >= 4 is 23.5 Å². The van der Waals surface area contributed by atoms with Crippen LogP contribution in [-0.2, 0) is 31.6 Å². The normalized spacial score (nSPS) is 26.1. The Morgan fingerprint density at radius 1 is 1.23 bits per heavy atom. The quantitative estimate of drug-likeness (QED) is 0.193. The molecule has 0 aromatic carbocycles. The number of rotatable bonds is 9. The highest BCUT2D eigenvalue weighted by Gasteiger charge is 2.43. The first-order chi connectivity index (χ1) is 13.6. The van der Waals surface area contributed by atoms with Crippen LogP contribution in [0.2, 0.25) is 0 Å². The first-order valence-electron chi connectivity index (χ1n) is 7.75. The summed E-state index contributed by atoms with van der Waals surface area (Å²) < 4.78 is 51.8. The zero-order chi connectivity index (χ0) is 22.9. The summed E-state index contributed by atoms with van der Waals surface area (Å²) in [5.74, 6) is 0. The zero-order valence-corrected chi connectivity index (χ0v) is 17.6. The second-order valence-corrected chi connectivity index (χ2v) is 10.3. The molecule has 0 radical (unpaired) electrons. The first-order valence-corrected chi connectivity index (χ1v) is 12.3. The molecule has 20 heteroatoms. The summed E-state index contributed by atoms with van der Waals surface area (Å²) in [5.41, 5.74) is 5.95. The van der Waals surface area contributed by atoms with Crippen molar-refractivity contribution in [2.75, 3.05) is 6.61 Å². The van der Waals surface area contributed by atoms with Crippen LogP contribution in [0.5, 0.6) is 0 Å². The molecule has 2 rings (SSSR count). The van der Waals surface area contributed by atoms with Crippen molar-refractivity contribution in [2.45, 2.75) is 31.7 Å².